The predicted molar refractivity (Wildman–Crippen MR) is 72.6 cm³/mol. The van der Waals surface area contributed by atoms with Crippen LogP contribution < -0.4 is 0 Å². The van der Waals surface area contributed by atoms with Crippen LogP contribution in [0.3, 0.4) is 0 Å². The molecule has 17 heavy (non-hydrogen) atoms. The van der Waals surface area contributed by atoms with Crippen LogP contribution in [0.15, 0.2) is 0 Å². The van der Waals surface area contributed by atoms with Crippen molar-refractivity contribution in [2.45, 2.75) is 40.2 Å². The Labute approximate surface area is 118 Å². The molecule has 2 radical (unpaired) electrons. The molecule has 0 saturated heterocycles. The summed E-state index contributed by atoms with van der Waals surface area (Å²) < 4.78 is 11.9. The first kappa shape index (κ1) is 17.6. The molecule has 0 aliphatic rings. The van der Waals surface area contributed by atoms with Gasteiger partial charge in [-0.1, -0.05) is 0 Å². The first-order chi connectivity index (χ1) is 7.77. The van der Waals surface area contributed by atoms with Crippen LogP contribution in [0.4, 0.5) is 0 Å². The van der Waals surface area contributed by atoms with E-state index in [9.17, 15) is 0 Å². The summed E-state index contributed by atoms with van der Waals surface area (Å²) >= 11 is -1.22. The van der Waals surface area contributed by atoms with E-state index in [1.54, 1.807) is 0 Å². The number of nitrogens with zero attached hydrogens (tertiary/aromatic N) is 2. The molecule has 0 N–H and O–H groups in total. The molecule has 0 aliphatic heterocycles. The minimum atomic E-state index is -1.22. The third-order valence-electron chi connectivity index (χ3n) is 2.50. The van der Waals surface area contributed by atoms with Crippen molar-refractivity contribution in [1.29, 1.82) is 0 Å². The van der Waals surface area contributed by atoms with Crippen molar-refractivity contribution in [3.8, 4) is 0 Å². The maximum absolute atomic E-state index is 5.94. The van der Waals surface area contributed by atoms with E-state index in [1.165, 1.54) is 0 Å². The number of rotatable bonds is 8. The average molecular weight is 351 g/mol. The first-order valence-electron chi connectivity index (χ1n) is 6.16. The van der Waals surface area contributed by atoms with Crippen LogP contribution in [0, 0.1) is 11.8 Å². The average Bonchev–Trinajstić information content (AvgIpc) is 2.14. The van der Waals surface area contributed by atoms with Crippen molar-refractivity contribution in [3.63, 3.8) is 0 Å². The summed E-state index contributed by atoms with van der Waals surface area (Å²) in [6.07, 6.45) is 0.355. The van der Waals surface area contributed by atoms with E-state index in [-0.39, 0.29) is 12.5 Å². The monoisotopic (exact) mass is 352 g/mol. The van der Waals surface area contributed by atoms with Gasteiger partial charge in [-0.3, -0.25) is 0 Å². The van der Waals surface area contributed by atoms with Gasteiger partial charge in [-0.05, 0) is 0 Å². The zero-order valence-electron chi connectivity index (χ0n) is 12.5. The Bertz CT molecular complexity index is 163. The van der Waals surface area contributed by atoms with Crippen LogP contribution in [0.2, 0.25) is 0 Å². The second-order valence-electron chi connectivity index (χ2n) is 5.52. The normalized spacial score (nSPS) is 16.2. The Kier molecular flexibility index (Phi) is 9.02. The van der Waals surface area contributed by atoms with Gasteiger partial charge in [-0.25, -0.2) is 0 Å². The van der Waals surface area contributed by atoms with Crippen molar-refractivity contribution >= 4 is 22.0 Å². The fourth-order valence-corrected chi connectivity index (χ4v) is 5.28. The fraction of sp³-hybridized carbons (Fsp3) is 1.00. The van der Waals surface area contributed by atoms with E-state index in [2.05, 4.69) is 65.7 Å². The molecule has 2 atom stereocenters. The van der Waals surface area contributed by atoms with Gasteiger partial charge in [-0.15, -0.1) is 0 Å². The Hall–Kier alpha value is 0.639. The number of hydrogen-bond donors (Lipinski definition) is 0. The van der Waals surface area contributed by atoms with Crippen LogP contribution in [-0.2, 0) is 6.15 Å². The van der Waals surface area contributed by atoms with Crippen LogP contribution in [0.1, 0.15) is 27.7 Å². The number of hydrogen-bond acceptors (Lipinski definition) is 4. The van der Waals surface area contributed by atoms with E-state index in [1.807, 2.05) is 0 Å². The van der Waals surface area contributed by atoms with Gasteiger partial charge in [0, 0.05) is 0 Å². The molecule has 0 rings (SSSR count). The SMILES string of the molecule is CC(C)C([O][Sn][O]C(C(C)C)N(C)C)N(C)C. The summed E-state index contributed by atoms with van der Waals surface area (Å²) in [5.74, 6) is 0.984. The van der Waals surface area contributed by atoms with Crippen LogP contribution in [0.5, 0.6) is 0 Å². The summed E-state index contributed by atoms with van der Waals surface area (Å²) in [5, 5.41) is 0. The quantitative estimate of drug-likeness (QED) is 0.491. The standard InChI is InChI=1S/2C6H14NO.Sn/c2*1-5(2)6(8)7(3)4;/h2*5-6H,1-4H3;/q2*-1;+2. The van der Waals surface area contributed by atoms with Gasteiger partial charge < -0.3 is 0 Å². The summed E-state index contributed by atoms with van der Waals surface area (Å²) in [4.78, 5) is 4.24. The third-order valence-corrected chi connectivity index (χ3v) is 4.42. The van der Waals surface area contributed by atoms with Gasteiger partial charge in [-0.2, -0.15) is 0 Å². The fourth-order valence-electron chi connectivity index (χ4n) is 1.80. The van der Waals surface area contributed by atoms with Gasteiger partial charge in [0.25, 0.3) is 0 Å². The first-order valence-corrected chi connectivity index (χ1v) is 8.49. The molecule has 4 nitrogen and oxygen atoms in total. The van der Waals surface area contributed by atoms with Gasteiger partial charge >= 0.3 is 118 Å². The zero-order valence-corrected chi connectivity index (χ0v) is 15.4. The second-order valence-corrected chi connectivity index (χ2v) is 7.34. The molecular weight excluding hydrogens is 323 g/mol. The van der Waals surface area contributed by atoms with Crippen molar-refractivity contribution in [1.82, 2.24) is 9.80 Å². The predicted octanol–water partition coefficient (Wildman–Crippen LogP) is 1.64. The molecule has 5 heteroatoms. The van der Waals surface area contributed by atoms with Crippen LogP contribution in [0.25, 0.3) is 0 Å². The third kappa shape index (κ3) is 6.96. The molecule has 0 bridgehead atoms. The molecule has 0 aromatic carbocycles. The molecule has 102 valence electrons. The van der Waals surface area contributed by atoms with Crippen LogP contribution in [-0.4, -0.2) is 72.4 Å². The molecular formula is C12H28N2O2Sn. The molecule has 0 aliphatic carbocycles. The molecule has 0 amide bonds. The minimum absolute atomic E-state index is 0.177. The molecule has 0 aromatic rings. The molecule has 0 heterocycles. The molecule has 0 fully saturated rings. The van der Waals surface area contributed by atoms with E-state index in [0.29, 0.717) is 11.8 Å². The van der Waals surface area contributed by atoms with Crippen molar-refractivity contribution in [2.75, 3.05) is 28.2 Å². The topological polar surface area (TPSA) is 24.9 Å². The molecule has 0 aromatic heterocycles. The van der Waals surface area contributed by atoms with E-state index >= 15 is 0 Å². The van der Waals surface area contributed by atoms with E-state index in [0.717, 1.165) is 0 Å². The Morgan fingerprint density at radius 3 is 1.18 bits per heavy atom. The zero-order chi connectivity index (χ0) is 13.6. The van der Waals surface area contributed by atoms with Crippen molar-refractivity contribution in [2.24, 2.45) is 11.8 Å². The maximum atomic E-state index is 5.94. The molecule has 2 unspecified atom stereocenters. The Morgan fingerprint density at radius 2 is 1.00 bits per heavy atom. The van der Waals surface area contributed by atoms with E-state index < -0.39 is 22.0 Å². The Balaban J connectivity index is 4.10. The summed E-state index contributed by atoms with van der Waals surface area (Å²) in [7, 11) is 8.21. The van der Waals surface area contributed by atoms with Gasteiger partial charge in [0.05, 0.1) is 0 Å². The van der Waals surface area contributed by atoms with Gasteiger partial charge in [0.1, 0.15) is 0 Å². The molecule has 0 saturated carbocycles. The van der Waals surface area contributed by atoms with Crippen molar-refractivity contribution in [3.05, 3.63) is 0 Å². The van der Waals surface area contributed by atoms with Gasteiger partial charge in [0.2, 0.25) is 0 Å². The Morgan fingerprint density at radius 1 is 0.706 bits per heavy atom. The van der Waals surface area contributed by atoms with Gasteiger partial charge in [0.15, 0.2) is 0 Å². The van der Waals surface area contributed by atoms with E-state index in [4.69, 9.17) is 6.15 Å². The molecule has 0 spiro atoms. The summed E-state index contributed by atoms with van der Waals surface area (Å²) in [6, 6.07) is 0. The second kappa shape index (κ2) is 8.69. The summed E-state index contributed by atoms with van der Waals surface area (Å²) in [5.41, 5.74) is 0. The summed E-state index contributed by atoms with van der Waals surface area (Å²) in [6.45, 7) is 8.71. The van der Waals surface area contributed by atoms with Crippen molar-refractivity contribution < 1.29 is 6.15 Å². The van der Waals surface area contributed by atoms with Crippen LogP contribution >= 0.6 is 0 Å².